The first kappa shape index (κ1) is 23.2. The minimum absolute atomic E-state index is 0.123. The molecule has 0 heterocycles. The maximum atomic E-state index is 12.1. The summed E-state index contributed by atoms with van der Waals surface area (Å²) < 4.78 is 20.4. The minimum atomic E-state index is -0.480. The highest BCUT2D eigenvalue weighted by Crippen LogP contribution is 2.38. The van der Waals surface area contributed by atoms with E-state index in [2.05, 4.69) is 0 Å². The highest BCUT2D eigenvalue weighted by atomic mass is 16.5. The van der Waals surface area contributed by atoms with Gasteiger partial charge in [0.2, 0.25) is 11.5 Å². The third kappa shape index (κ3) is 5.96. The lowest BCUT2D eigenvalue weighted by Gasteiger charge is -2.10. The summed E-state index contributed by atoms with van der Waals surface area (Å²) in [6.45, 7) is 0. The van der Waals surface area contributed by atoms with E-state index in [9.17, 15) is 20.1 Å². The molecule has 2 aromatic rings. The SMILES string of the molecule is COc1cc(/C=C/C(=O)/C=C(O)/C=C/c2cc(O)c(OC)c(OC)c2)cc(O)c1OC. The number of ether oxygens (including phenoxy) is 4. The molecule has 0 aliphatic heterocycles. The zero-order chi connectivity index (χ0) is 23.0. The Kier molecular flexibility index (Phi) is 7.96. The zero-order valence-electron chi connectivity index (χ0n) is 17.6. The summed E-state index contributed by atoms with van der Waals surface area (Å²) in [5.41, 5.74) is 1.03. The van der Waals surface area contributed by atoms with Gasteiger partial charge < -0.3 is 34.3 Å². The number of hydrogen-bond donors (Lipinski definition) is 3. The monoisotopic (exact) mass is 428 g/mol. The topological polar surface area (TPSA) is 115 Å². The van der Waals surface area contributed by atoms with Gasteiger partial charge >= 0.3 is 0 Å². The van der Waals surface area contributed by atoms with Crippen LogP contribution in [0.15, 0.2) is 48.3 Å². The van der Waals surface area contributed by atoms with Gasteiger partial charge in [-0.15, -0.1) is 0 Å². The Morgan fingerprint density at radius 1 is 0.742 bits per heavy atom. The first-order chi connectivity index (χ1) is 14.8. The number of benzene rings is 2. The van der Waals surface area contributed by atoms with E-state index in [0.717, 1.165) is 6.08 Å². The largest absolute Gasteiger partial charge is 0.508 e. The fraction of sp³-hybridized carbons (Fsp3) is 0.174. The molecule has 0 unspecified atom stereocenters. The molecule has 31 heavy (non-hydrogen) atoms. The molecule has 3 N–H and O–H groups in total. The van der Waals surface area contributed by atoms with E-state index in [1.165, 1.54) is 64.9 Å². The van der Waals surface area contributed by atoms with Crippen molar-refractivity contribution in [2.75, 3.05) is 28.4 Å². The average molecular weight is 428 g/mol. The Morgan fingerprint density at radius 2 is 1.19 bits per heavy atom. The number of aromatic hydroxyl groups is 2. The first-order valence-electron chi connectivity index (χ1n) is 9.03. The van der Waals surface area contributed by atoms with E-state index in [-0.39, 0.29) is 28.8 Å². The van der Waals surface area contributed by atoms with Crippen molar-refractivity contribution in [1.29, 1.82) is 0 Å². The number of phenols is 2. The Hall–Kier alpha value is -4.07. The van der Waals surface area contributed by atoms with Gasteiger partial charge in [0.25, 0.3) is 0 Å². The highest BCUT2D eigenvalue weighted by Gasteiger charge is 2.11. The summed E-state index contributed by atoms with van der Waals surface area (Å²) in [7, 11) is 5.68. The smallest absolute Gasteiger partial charge is 0.203 e. The first-order valence-corrected chi connectivity index (χ1v) is 9.03. The van der Waals surface area contributed by atoms with Crippen molar-refractivity contribution < 1.29 is 39.1 Å². The van der Waals surface area contributed by atoms with Crippen LogP contribution in [-0.2, 0) is 4.79 Å². The number of phenolic OH excluding ortho intramolecular Hbond substituents is 2. The molecular weight excluding hydrogens is 404 g/mol. The van der Waals surface area contributed by atoms with Crippen LogP contribution in [-0.4, -0.2) is 49.5 Å². The summed E-state index contributed by atoms with van der Waals surface area (Å²) >= 11 is 0. The van der Waals surface area contributed by atoms with Gasteiger partial charge in [-0.3, -0.25) is 4.79 Å². The van der Waals surface area contributed by atoms with Crippen molar-refractivity contribution in [2.45, 2.75) is 0 Å². The van der Waals surface area contributed by atoms with Gasteiger partial charge in [-0.25, -0.2) is 0 Å². The predicted molar refractivity (Wildman–Crippen MR) is 116 cm³/mol. The molecule has 2 aromatic carbocycles. The summed E-state index contributed by atoms with van der Waals surface area (Å²) in [6, 6.07) is 6.04. The molecule has 0 radical (unpaired) electrons. The fourth-order valence-electron chi connectivity index (χ4n) is 2.72. The molecule has 0 atom stereocenters. The van der Waals surface area contributed by atoms with Crippen LogP contribution >= 0.6 is 0 Å². The molecule has 0 aromatic heterocycles. The molecule has 2 rings (SSSR count). The van der Waals surface area contributed by atoms with E-state index in [4.69, 9.17) is 18.9 Å². The summed E-state index contributed by atoms with van der Waals surface area (Å²) in [4.78, 5) is 12.1. The Balaban J connectivity index is 2.15. The van der Waals surface area contributed by atoms with E-state index in [0.29, 0.717) is 22.6 Å². The van der Waals surface area contributed by atoms with Crippen molar-refractivity contribution in [3.8, 4) is 34.5 Å². The van der Waals surface area contributed by atoms with Gasteiger partial charge in [-0.2, -0.15) is 0 Å². The molecule has 8 heteroatoms. The van der Waals surface area contributed by atoms with E-state index >= 15 is 0 Å². The van der Waals surface area contributed by atoms with E-state index in [1.54, 1.807) is 12.1 Å². The van der Waals surface area contributed by atoms with Crippen LogP contribution in [0, 0.1) is 0 Å². The minimum Gasteiger partial charge on any atom is -0.508 e. The van der Waals surface area contributed by atoms with E-state index in [1.807, 2.05) is 0 Å². The number of rotatable bonds is 9. The second-order valence-electron chi connectivity index (χ2n) is 6.19. The lowest BCUT2D eigenvalue weighted by Crippen LogP contribution is -1.92. The van der Waals surface area contributed by atoms with Gasteiger partial charge in [0.15, 0.2) is 28.8 Å². The van der Waals surface area contributed by atoms with Crippen LogP contribution < -0.4 is 18.9 Å². The molecule has 0 spiro atoms. The van der Waals surface area contributed by atoms with Crippen LogP contribution in [0.25, 0.3) is 12.2 Å². The third-order valence-corrected chi connectivity index (χ3v) is 4.14. The predicted octanol–water partition coefficient (Wildman–Crippen LogP) is 3.87. The number of carbonyl (C=O) groups excluding carboxylic acids is 1. The molecule has 8 nitrogen and oxygen atoms in total. The Labute approximate surface area is 179 Å². The molecule has 0 bridgehead atoms. The van der Waals surface area contributed by atoms with E-state index < -0.39 is 5.78 Å². The molecule has 0 fully saturated rings. The molecule has 0 amide bonds. The average Bonchev–Trinajstić information content (AvgIpc) is 2.75. The quantitative estimate of drug-likeness (QED) is 0.313. The second-order valence-corrected chi connectivity index (χ2v) is 6.19. The number of ketones is 1. The van der Waals surface area contributed by atoms with Gasteiger partial charge in [0, 0.05) is 6.08 Å². The molecule has 0 saturated carbocycles. The summed E-state index contributed by atoms with van der Waals surface area (Å²) in [5.74, 6) is -0.00561. The standard InChI is InChI=1S/C23H24O8/c1-28-20-11-14(9-18(26)22(20)30-3)5-7-16(24)13-17(25)8-6-15-10-19(27)23(31-4)21(12-15)29-2/h5-13,24,26-27H,1-4H3/b7-5+,8-6+,16-13-. The molecular formula is C23H24O8. The van der Waals surface area contributed by atoms with Crippen LogP contribution in [0.1, 0.15) is 11.1 Å². The normalized spacial score (nSPS) is 11.7. The number of carbonyl (C=O) groups is 1. The van der Waals surface area contributed by atoms with Crippen LogP contribution in [0.3, 0.4) is 0 Å². The van der Waals surface area contributed by atoms with Crippen molar-refractivity contribution >= 4 is 17.9 Å². The number of aliphatic hydroxyl groups is 1. The van der Waals surface area contributed by atoms with Crippen molar-refractivity contribution in [3.63, 3.8) is 0 Å². The number of methoxy groups -OCH3 is 4. The fourth-order valence-corrected chi connectivity index (χ4v) is 2.72. The lowest BCUT2D eigenvalue weighted by molar-refractivity contribution is -0.110. The maximum absolute atomic E-state index is 12.1. The van der Waals surface area contributed by atoms with Gasteiger partial charge in [-0.1, -0.05) is 12.2 Å². The molecule has 164 valence electrons. The Morgan fingerprint density at radius 3 is 1.61 bits per heavy atom. The summed E-state index contributed by atoms with van der Waals surface area (Å²) in [5, 5.41) is 29.9. The lowest BCUT2D eigenvalue weighted by atomic mass is 10.1. The molecule has 0 saturated heterocycles. The second kappa shape index (κ2) is 10.6. The van der Waals surface area contributed by atoms with Crippen molar-refractivity contribution in [3.05, 3.63) is 59.4 Å². The number of aliphatic hydroxyl groups excluding tert-OH is 1. The molecule has 0 aliphatic rings. The van der Waals surface area contributed by atoms with Crippen LogP contribution in [0.5, 0.6) is 34.5 Å². The van der Waals surface area contributed by atoms with Gasteiger partial charge in [0.1, 0.15) is 5.76 Å². The van der Waals surface area contributed by atoms with Crippen molar-refractivity contribution in [1.82, 2.24) is 0 Å². The van der Waals surface area contributed by atoms with Gasteiger partial charge in [-0.05, 0) is 47.5 Å². The zero-order valence-corrected chi connectivity index (χ0v) is 17.6. The Bertz CT molecular complexity index is 1030. The van der Waals surface area contributed by atoms with Crippen LogP contribution in [0.2, 0.25) is 0 Å². The highest BCUT2D eigenvalue weighted by molar-refractivity contribution is 6.02. The van der Waals surface area contributed by atoms with Gasteiger partial charge in [0.05, 0.1) is 28.4 Å². The summed E-state index contributed by atoms with van der Waals surface area (Å²) in [6.07, 6.45) is 6.51. The maximum Gasteiger partial charge on any atom is 0.203 e. The number of allylic oxidation sites excluding steroid dienone is 3. The van der Waals surface area contributed by atoms with Crippen LogP contribution in [0.4, 0.5) is 0 Å². The third-order valence-electron chi connectivity index (χ3n) is 4.14. The molecule has 0 aliphatic carbocycles. The van der Waals surface area contributed by atoms with Crippen molar-refractivity contribution in [2.24, 2.45) is 0 Å². The number of hydrogen-bond acceptors (Lipinski definition) is 8.